The molecule has 32 heavy (non-hydrogen) atoms. The van der Waals surface area contributed by atoms with Gasteiger partial charge in [-0.05, 0) is 26.0 Å². The molecule has 4 aliphatic rings. The van der Waals surface area contributed by atoms with E-state index in [1.165, 1.54) is 13.0 Å². The summed E-state index contributed by atoms with van der Waals surface area (Å²) >= 11 is 0. The summed E-state index contributed by atoms with van der Waals surface area (Å²) < 4.78 is 16.4. The number of phenols is 1. The van der Waals surface area contributed by atoms with Gasteiger partial charge in [0.2, 0.25) is 0 Å². The Bertz CT molecular complexity index is 1120. The topological polar surface area (TPSA) is 157 Å². The number of esters is 1. The third kappa shape index (κ3) is 2.80. The lowest BCUT2D eigenvalue weighted by Crippen LogP contribution is -2.54. The number of fused-ring (bicyclic) bond motifs is 4. The fraction of sp³-hybridized carbons (Fsp3) is 0.455. The maximum absolute atomic E-state index is 13.3. The van der Waals surface area contributed by atoms with Crippen LogP contribution in [0.3, 0.4) is 0 Å². The molecule has 3 N–H and O–H groups in total. The van der Waals surface area contributed by atoms with Crippen LogP contribution in [0.1, 0.15) is 70.7 Å². The van der Waals surface area contributed by atoms with Crippen LogP contribution in [0.25, 0.3) is 0 Å². The molecular weight excluding hydrogens is 424 g/mol. The second-order valence-corrected chi connectivity index (χ2v) is 8.50. The maximum Gasteiger partial charge on any atom is 0.309 e. The Balaban J connectivity index is 1.62. The lowest BCUT2D eigenvalue weighted by Gasteiger charge is -2.39. The second-order valence-electron chi connectivity index (χ2n) is 8.50. The molecule has 5 rings (SSSR count). The molecule has 0 aromatic heterocycles. The van der Waals surface area contributed by atoms with Gasteiger partial charge in [-0.1, -0.05) is 0 Å². The van der Waals surface area contributed by atoms with E-state index in [4.69, 9.17) is 14.2 Å². The number of rotatable bonds is 1. The molecule has 0 saturated carbocycles. The molecule has 10 heteroatoms. The SMILES string of the molecule is CC1OC(O)(C2=CC(=O)c3cc4c(c(O)c3C2=O)C(C)OC2CC(=O)OC42)CC(O)C1=O. The highest BCUT2D eigenvalue weighted by molar-refractivity contribution is 6.26. The van der Waals surface area contributed by atoms with Crippen molar-refractivity contribution in [2.75, 3.05) is 0 Å². The third-order valence-electron chi connectivity index (χ3n) is 6.43. The summed E-state index contributed by atoms with van der Waals surface area (Å²) in [6.45, 7) is 2.95. The first-order chi connectivity index (χ1) is 15.0. The van der Waals surface area contributed by atoms with Crippen molar-refractivity contribution >= 4 is 23.3 Å². The molecule has 6 unspecified atom stereocenters. The monoisotopic (exact) mass is 444 g/mol. The van der Waals surface area contributed by atoms with E-state index < -0.39 is 77.4 Å². The number of ether oxygens (including phenoxy) is 3. The second kappa shape index (κ2) is 6.79. The molecule has 0 bridgehead atoms. The molecule has 3 heterocycles. The van der Waals surface area contributed by atoms with Crippen molar-refractivity contribution in [1.82, 2.24) is 0 Å². The molecule has 2 saturated heterocycles. The van der Waals surface area contributed by atoms with Gasteiger partial charge < -0.3 is 29.5 Å². The molecule has 1 aromatic carbocycles. The number of Topliss-reactive ketones (excluding diaryl/α,β-unsaturated/α-hetero) is 2. The zero-order chi connectivity index (χ0) is 23.1. The van der Waals surface area contributed by atoms with Gasteiger partial charge in [-0.3, -0.25) is 19.2 Å². The number of allylic oxidation sites excluding steroid dienone is 1. The molecule has 0 radical (unpaired) electrons. The smallest absolute Gasteiger partial charge is 0.309 e. The van der Waals surface area contributed by atoms with Crippen molar-refractivity contribution in [1.29, 1.82) is 0 Å². The summed E-state index contributed by atoms with van der Waals surface area (Å²) in [5.74, 6) is -5.61. The van der Waals surface area contributed by atoms with Gasteiger partial charge in [-0.2, -0.15) is 0 Å². The largest absolute Gasteiger partial charge is 0.507 e. The number of benzene rings is 1. The normalized spacial score (nSPS) is 36.2. The molecule has 6 atom stereocenters. The average molecular weight is 444 g/mol. The van der Waals surface area contributed by atoms with E-state index in [2.05, 4.69) is 0 Å². The van der Waals surface area contributed by atoms with Crippen LogP contribution in [0.4, 0.5) is 0 Å². The maximum atomic E-state index is 13.3. The molecule has 0 amide bonds. The zero-order valence-electron chi connectivity index (χ0n) is 17.2. The molecule has 2 fully saturated rings. The Morgan fingerprint density at radius 2 is 1.84 bits per heavy atom. The van der Waals surface area contributed by atoms with Crippen molar-refractivity contribution in [2.45, 2.75) is 63.0 Å². The van der Waals surface area contributed by atoms with Gasteiger partial charge in [0, 0.05) is 23.1 Å². The number of aromatic hydroxyl groups is 1. The van der Waals surface area contributed by atoms with Crippen LogP contribution in [0, 0.1) is 0 Å². The van der Waals surface area contributed by atoms with Gasteiger partial charge in [-0.15, -0.1) is 0 Å². The van der Waals surface area contributed by atoms with E-state index in [0.717, 1.165) is 6.08 Å². The first kappa shape index (κ1) is 21.0. The average Bonchev–Trinajstić information content (AvgIpc) is 3.08. The Kier molecular flexibility index (Phi) is 4.44. The zero-order valence-corrected chi connectivity index (χ0v) is 17.2. The van der Waals surface area contributed by atoms with Gasteiger partial charge in [-0.25, -0.2) is 0 Å². The summed E-state index contributed by atoms with van der Waals surface area (Å²) in [4.78, 5) is 49.9. The number of aliphatic hydroxyl groups is 2. The molecule has 1 aromatic rings. The number of ketones is 3. The van der Waals surface area contributed by atoms with E-state index in [1.807, 2.05) is 0 Å². The van der Waals surface area contributed by atoms with E-state index in [0.29, 0.717) is 5.56 Å². The highest BCUT2D eigenvalue weighted by atomic mass is 16.6. The first-order valence-electron chi connectivity index (χ1n) is 10.2. The third-order valence-corrected chi connectivity index (χ3v) is 6.43. The molecule has 168 valence electrons. The number of carbonyl (C=O) groups excluding carboxylic acids is 4. The van der Waals surface area contributed by atoms with Crippen LogP contribution in [0.5, 0.6) is 5.75 Å². The van der Waals surface area contributed by atoms with Gasteiger partial charge >= 0.3 is 5.97 Å². The van der Waals surface area contributed by atoms with Crippen molar-refractivity contribution < 1.29 is 48.7 Å². The summed E-state index contributed by atoms with van der Waals surface area (Å²) in [5.41, 5.74) is -0.355. The van der Waals surface area contributed by atoms with Crippen LogP contribution in [0.2, 0.25) is 0 Å². The summed E-state index contributed by atoms with van der Waals surface area (Å²) in [5, 5.41) is 32.0. The quantitative estimate of drug-likeness (QED) is 0.523. The molecule has 1 aliphatic carbocycles. The summed E-state index contributed by atoms with van der Waals surface area (Å²) in [7, 11) is 0. The van der Waals surface area contributed by atoms with E-state index >= 15 is 0 Å². The Morgan fingerprint density at radius 3 is 2.53 bits per heavy atom. The van der Waals surface area contributed by atoms with Crippen molar-refractivity contribution in [3.8, 4) is 5.75 Å². The molecule has 3 aliphatic heterocycles. The van der Waals surface area contributed by atoms with Crippen LogP contribution >= 0.6 is 0 Å². The Labute approximate surface area is 181 Å². The van der Waals surface area contributed by atoms with Gasteiger partial charge in [0.25, 0.3) is 0 Å². The minimum atomic E-state index is -2.40. The molecule has 0 spiro atoms. The van der Waals surface area contributed by atoms with Crippen molar-refractivity contribution in [2.24, 2.45) is 0 Å². The number of phenolic OH excluding ortho intramolecular Hbond substituents is 1. The number of aliphatic hydroxyl groups excluding tert-OH is 1. The van der Waals surface area contributed by atoms with Crippen LogP contribution in [-0.2, 0) is 23.8 Å². The van der Waals surface area contributed by atoms with E-state index in [1.54, 1.807) is 6.92 Å². The first-order valence-corrected chi connectivity index (χ1v) is 10.2. The van der Waals surface area contributed by atoms with E-state index in [9.17, 15) is 34.5 Å². The van der Waals surface area contributed by atoms with Gasteiger partial charge in [0.05, 0.1) is 23.7 Å². The fourth-order valence-corrected chi connectivity index (χ4v) is 4.95. The standard InChI is InChI=1S/C22H20O10/c1-7-16-10(21-14(30-7)5-15(25)31-21)3-9-12(23)4-11(19(27)17(9)20(16)28)22(29)6-13(24)18(26)8(2)32-22/h3-4,7-8,13-14,21,24,28-29H,5-6H2,1-2H3. The number of hydrogen-bond donors (Lipinski definition) is 3. The predicted molar refractivity (Wildman–Crippen MR) is 103 cm³/mol. The van der Waals surface area contributed by atoms with Crippen LogP contribution in [0.15, 0.2) is 17.7 Å². The summed E-state index contributed by atoms with van der Waals surface area (Å²) in [6, 6.07) is 1.40. The molecular formula is C22H20O10. The lowest BCUT2D eigenvalue weighted by molar-refractivity contribution is -0.233. The predicted octanol–water partition coefficient (Wildman–Crippen LogP) is 0.573. The Morgan fingerprint density at radius 1 is 1.12 bits per heavy atom. The van der Waals surface area contributed by atoms with Crippen molar-refractivity contribution in [3.05, 3.63) is 40.0 Å². The number of hydrogen-bond acceptors (Lipinski definition) is 10. The number of carbonyl (C=O) groups is 4. The fourth-order valence-electron chi connectivity index (χ4n) is 4.95. The highest BCUT2D eigenvalue weighted by Crippen LogP contribution is 2.50. The van der Waals surface area contributed by atoms with Gasteiger partial charge in [0.1, 0.15) is 24.1 Å². The van der Waals surface area contributed by atoms with E-state index in [-0.39, 0.29) is 23.1 Å². The highest BCUT2D eigenvalue weighted by Gasteiger charge is 2.51. The van der Waals surface area contributed by atoms with Crippen LogP contribution in [-0.4, -0.2) is 62.7 Å². The van der Waals surface area contributed by atoms with Crippen molar-refractivity contribution in [3.63, 3.8) is 0 Å². The minimum absolute atomic E-state index is 0.0345. The minimum Gasteiger partial charge on any atom is -0.507 e. The Hall–Kier alpha value is -2.92. The van der Waals surface area contributed by atoms with Gasteiger partial charge in [0.15, 0.2) is 29.2 Å². The lowest BCUT2D eigenvalue weighted by atomic mass is 9.78. The van der Waals surface area contributed by atoms with Crippen LogP contribution < -0.4 is 0 Å². The molecule has 10 nitrogen and oxygen atoms in total. The summed E-state index contributed by atoms with van der Waals surface area (Å²) in [6.07, 6.45) is -4.61.